The van der Waals surface area contributed by atoms with Crippen LogP contribution in [0.4, 0.5) is 27.6 Å². The van der Waals surface area contributed by atoms with Gasteiger partial charge < -0.3 is 10.1 Å². The summed E-state index contributed by atoms with van der Waals surface area (Å²) < 4.78 is 104. The average Bonchev–Trinajstić information content (AvgIpc) is 3.38. The third kappa shape index (κ3) is 5.73. The molecule has 1 aromatic heterocycles. The van der Waals surface area contributed by atoms with Gasteiger partial charge in [0.05, 0.1) is 29.2 Å². The molecule has 41 heavy (non-hydrogen) atoms. The van der Waals surface area contributed by atoms with E-state index in [4.69, 9.17) is 4.74 Å². The molecule has 5 rings (SSSR count). The van der Waals surface area contributed by atoms with Gasteiger partial charge in [-0.2, -0.15) is 18.3 Å². The number of aryl methyl sites for hydroxylation is 1. The highest BCUT2D eigenvalue weighted by Gasteiger charge is 2.37. The molecule has 0 unspecified atom stereocenters. The summed E-state index contributed by atoms with van der Waals surface area (Å²) in [5.41, 5.74) is -1.21. The maximum Gasteiger partial charge on any atom is 0.416 e. The minimum absolute atomic E-state index is 0.00412. The van der Waals surface area contributed by atoms with Gasteiger partial charge in [0.15, 0.2) is 0 Å². The van der Waals surface area contributed by atoms with Crippen LogP contribution in [-0.2, 0) is 23.2 Å². The van der Waals surface area contributed by atoms with Crippen molar-refractivity contribution < 1.29 is 39.9 Å². The molecule has 1 amide bonds. The monoisotopic (exact) mass is 592 g/mol. The minimum Gasteiger partial charge on any atom is -0.484 e. The molecule has 0 saturated heterocycles. The van der Waals surface area contributed by atoms with Crippen molar-refractivity contribution in [1.29, 1.82) is 0 Å². The van der Waals surface area contributed by atoms with Gasteiger partial charge in [0.1, 0.15) is 29.2 Å². The molecule has 0 bridgehead atoms. The first-order chi connectivity index (χ1) is 19.3. The number of benzene rings is 3. The fraction of sp³-hybridized carbons (Fsp3) is 0.185. The Hall–Kier alpha value is -4.46. The summed E-state index contributed by atoms with van der Waals surface area (Å²) in [5, 5.41) is 6.60. The fourth-order valence-electron chi connectivity index (χ4n) is 4.33. The van der Waals surface area contributed by atoms with Crippen LogP contribution in [0.2, 0.25) is 0 Å². The molecule has 4 aromatic rings. The number of anilines is 1. The highest BCUT2D eigenvalue weighted by Crippen LogP contribution is 2.41. The third-order valence-electron chi connectivity index (χ3n) is 6.32. The van der Waals surface area contributed by atoms with Crippen LogP contribution in [0.5, 0.6) is 5.75 Å². The molecule has 0 fully saturated rings. The van der Waals surface area contributed by atoms with Crippen molar-refractivity contribution in [3.8, 4) is 16.9 Å². The summed E-state index contributed by atoms with van der Waals surface area (Å²) in [6.45, 7) is -0.590. The first-order valence-electron chi connectivity index (χ1n) is 12.1. The van der Waals surface area contributed by atoms with Gasteiger partial charge in [0.25, 0.3) is 15.9 Å². The Morgan fingerprint density at radius 1 is 1.07 bits per heavy atom. The van der Waals surface area contributed by atoms with Crippen LogP contribution in [0.1, 0.15) is 16.1 Å². The smallest absolute Gasteiger partial charge is 0.416 e. The van der Waals surface area contributed by atoms with E-state index in [2.05, 4.69) is 10.4 Å². The van der Waals surface area contributed by atoms with Crippen LogP contribution in [0, 0.1) is 11.6 Å². The lowest BCUT2D eigenvalue weighted by Crippen LogP contribution is -2.48. The van der Waals surface area contributed by atoms with Crippen molar-refractivity contribution in [3.05, 3.63) is 95.8 Å². The summed E-state index contributed by atoms with van der Waals surface area (Å²) in [5.74, 6) is -2.05. The van der Waals surface area contributed by atoms with Crippen molar-refractivity contribution in [2.45, 2.75) is 17.2 Å². The standard InChI is InChI=1S/C27H21F5N4O4S/c1-35-10-9-23(34-35)26(37)33-14-19-15-36(41(38,39)20-4-2-3-17(12-20)27(30,31)32)24-11-16(5-8-25(24)40-19)21-13-18(28)6-7-22(21)29/h2-13,19H,14-15H2,1H3,(H,33,37)/t19-/m0/s1. The predicted molar refractivity (Wildman–Crippen MR) is 138 cm³/mol. The van der Waals surface area contributed by atoms with Gasteiger partial charge >= 0.3 is 6.18 Å². The van der Waals surface area contributed by atoms with E-state index < -0.39 is 56.8 Å². The van der Waals surface area contributed by atoms with E-state index in [1.165, 1.54) is 28.9 Å². The van der Waals surface area contributed by atoms with E-state index >= 15 is 0 Å². The van der Waals surface area contributed by atoms with E-state index in [9.17, 15) is 35.2 Å². The van der Waals surface area contributed by atoms with Crippen LogP contribution in [-0.4, -0.2) is 43.3 Å². The maximum absolute atomic E-state index is 14.5. The van der Waals surface area contributed by atoms with E-state index in [1.54, 1.807) is 13.2 Å². The van der Waals surface area contributed by atoms with Crippen LogP contribution in [0.3, 0.4) is 0 Å². The van der Waals surface area contributed by atoms with Crippen LogP contribution in [0.25, 0.3) is 11.1 Å². The summed E-state index contributed by atoms with van der Waals surface area (Å²) >= 11 is 0. The number of aromatic nitrogens is 2. The Bertz CT molecular complexity index is 1740. The lowest BCUT2D eigenvalue weighted by Gasteiger charge is -2.36. The third-order valence-corrected chi connectivity index (χ3v) is 8.09. The Labute approximate surface area is 231 Å². The zero-order valence-corrected chi connectivity index (χ0v) is 22.0. The summed E-state index contributed by atoms with van der Waals surface area (Å²) in [6, 6.07) is 11.5. The average molecular weight is 593 g/mol. The number of rotatable bonds is 6. The Balaban J connectivity index is 1.54. The van der Waals surface area contributed by atoms with Crippen molar-refractivity contribution >= 4 is 21.6 Å². The number of amides is 1. The maximum atomic E-state index is 14.5. The molecular formula is C27H21F5N4O4S. The molecule has 1 aliphatic rings. The zero-order chi connectivity index (χ0) is 29.5. The molecule has 214 valence electrons. The Kier molecular flexibility index (Phi) is 7.19. The van der Waals surface area contributed by atoms with Gasteiger partial charge in [-0.1, -0.05) is 12.1 Å². The molecule has 1 atom stereocenters. The quantitative estimate of drug-likeness (QED) is 0.326. The molecule has 0 radical (unpaired) electrons. The number of ether oxygens (including phenoxy) is 1. The van der Waals surface area contributed by atoms with Gasteiger partial charge in [-0.3, -0.25) is 13.8 Å². The van der Waals surface area contributed by atoms with Gasteiger partial charge in [0, 0.05) is 18.8 Å². The summed E-state index contributed by atoms with van der Waals surface area (Å²) in [4.78, 5) is 11.9. The predicted octanol–water partition coefficient (Wildman–Crippen LogP) is 4.77. The summed E-state index contributed by atoms with van der Waals surface area (Å²) in [6.07, 6.45) is -4.20. The van der Waals surface area contributed by atoms with Gasteiger partial charge in [-0.15, -0.1) is 0 Å². The van der Waals surface area contributed by atoms with E-state index in [0.717, 1.165) is 40.7 Å². The molecule has 1 aliphatic heterocycles. The number of carbonyl (C=O) groups is 1. The second kappa shape index (κ2) is 10.5. The molecule has 14 heteroatoms. The Morgan fingerprint density at radius 3 is 2.56 bits per heavy atom. The second-order valence-corrected chi connectivity index (χ2v) is 11.1. The molecular weight excluding hydrogens is 571 g/mol. The largest absolute Gasteiger partial charge is 0.484 e. The molecule has 0 saturated carbocycles. The van der Waals surface area contributed by atoms with Crippen molar-refractivity contribution in [1.82, 2.24) is 15.1 Å². The van der Waals surface area contributed by atoms with Crippen LogP contribution >= 0.6 is 0 Å². The van der Waals surface area contributed by atoms with Gasteiger partial charge in [0.2, 0.25) is 0 Å². The fourth-order valence-corrected chi connectivity index (χ4v) is 5.87. The molecule has 8 nitrogen and oxygen atoms in total. The van der Waals surface area contributed by atoms with Gasteiger partial charge in [-0.05, 0) is 60.2 Å². The molecule has 0 spiro atoms. The number of halogens is 5. The number of nitrogens with zero attached hydrogens (tertiary/aromatic N) is 3. The van der Waals surface area contributed by atoms with E-state index in [1.807, 2.05) is 0 Å². The van der Waals surface area contributed by atoms with Crippen molar-refractivity contribution in [3.63, 3.8) is 0 Å². The topological polar surface area (TPSA) is 93.5 Å². The zero-order valence-electron chi connectivity index (χ0n) is 21.2. The Morgan fingerprint density at radius 2 is 1.85 bits per heavy atom. The lowest BCUT2D eigenvalue weighted by atomic mass is 10.0. The molecule has 0 aliphatic carbocycles. The molecule has 3 aromatic carbocycles. The van der Waals surface area contributed by atoms with Crippen molar-refractivity contribution in [2.75, 3.05) is 17.4 Å². The number of carbonyl (C=O) groups excluding carboxylic acids is 1. The first-order valence-corrected chi connectivity index (χ1v) is 13.5. The number of nitrogens with one attached hydrogen (secondary N) is 1. The second-order valence-electron chi connectivity index (χ2n) is 9.19. The first kappa shape index (κ1) is 28.1. The van der Waals surface area contributed by atoms with E-state index in [-0.39, 0.29) is 34.8 Å². The highest BCUT2D eigenvalue weighted by molar-refractivity contribution is 7.92. The highest BCUT2D eigenvalue weighted by atomic mass is 32.2. The SMILES string of the molecule is Cn1ccc(C(=O)NC[C@H]2CN(S(=O)(=O)c3cccc(C(F)(F)F)c3)c3cc(-c4cc(F)ccc4F)ccc3O2)n1. The number of alkyl halides is 3. The lowest BCUT2D eigenvalue weighted by molar-refractivity contribution is -0.137. The minimum atomic E-state index is -4.80. The van der Waals surface area contributed by atoms with Gasteiger partial charge in [-0.25, -0.2) is 17.2 Å². The van der Waals surface area contributed by atoms with Crippen molar-refractivity contribution in [2.24, 2.45) is 7.05 Å². The normalized spacial score (nSPS) is 15.3. The molecule has 1 N–H and O–H groups in total. The molecule has 2 heterocycles. The number of sulfonamides is 1. The van der Waals surface area contributed by atoms with E-state index in [0.29, 0.717) is 6.07 Å². The number of hydrogen-bond donors (Lipinski definition) is 1. The number of fused-ring (bicyclic) bond motifs is 1. The van der Waals surface area contributed by atoms with Crippen LogP contribution < -0.4 is 14.4 Å². The summed E-state index contributed by atoms with van der Waals surface area (Å²) in [7, 11) is -3.02. The van der Waals surface area contributed by atoms with Crippen LogP contribution in [0.15, 0.2) is 77.8 Å². The number of hydrogen-bond acceptors (Lipinski definition) is 5.